The van der Waals surface area contributed by atoms with Crippen LogP contribution < -0.4 is 11.1 Å². The Balaban J connectivity index is 1.58. The molecule has 4 nitrogen and oxygen atoms in total. The van der Waals surface area contributed by atoms with E-state index < -0.39 is 18.4 Å². The van der Waals surface area contributed by atoms with Crippen LogP contribution in [-0.4, -0.2) is 42.9 Å². The van der Waals surface area contributed by atoms with Crippen LogP contribution in [0.3, 0.4) is 0 Å². The predicted octanol–water partition coefficient (Wildman–Crippen LogP) is 3.61. The van der Waals surface area contributed by atoms with Crippen LogP contribution in [0.25, 0.3) is 0 Å². The van der Waals surface area contributed by atoms with Gasteiger partial charge in [-0.2, -0.15) is 0 Å². The Hall–Kier alpha value is -1.69. The number of rotatable bonds is 5. The fourth-order valence-electron chi connectivity index (χ4n) is 4.35. The maximum absolute atomic E-state index is 14.1. The normalized spacial score (nSPS) is 32.7. The number of carbonyl (C=O) groups excluding carboxylic acids is 1. The third-order valence-electron chi connectivity index (χ3n) is 5.63. The summed E-state index contributed by atoms with van der Waals surface area (Å²) in [5, 5.41) is 2.75. The molecular weight excluding hydrogens is 336 g/mol. The van der Waals surface area contributed by atoms with Crippen LogP contribution in [0.2, 0.25) is 0 Å². The number of nitrogens with two attached hydrogens (primary N) is 1. The van der Waals surface area contributed by atoms with Crippen molar-refractivity contribution in [3.63, 3.8) is 0 Å². The molecule has 6 heteroatoms. The average molecular weight is 365 g/mol. The van der Waals surface area contributed by atoms with Crippen LogP contribution >= 0.6 is 0 Å². The highest BCUT2D eigenvalue weighted by atomic mass is 19.1. The minimum Gasteiger partial charge on any atom is -0.351 e. The molecule has 2 amide bonds. The third kappa shape index (κ3) is 5.16. The first kappa shape index (κ1) is 19.1. The van der Waals surface area contributed by atoms with Gasteiger partial charge in [-0.15, -0.1) is 0 Å². The van der Waals surface area contributed by atoms with E-state index >= 15 is 0 Å². The summed E-state index contributed by atoms with van der Waals surface area (Å²) in [7, 11) is 0. The summed E-state index contributed by atoms with van der Waals surface area (Å²) in [5.41, 5.74) is 7.30. The summed E-state index contributed by atoms with van der Waals surface area (Å²) in [6.07, 6.45) is 9.90. The summed E-state index contributed by atoms with van der Waals surface area (Å²) in [6, 6.07) is -0.520. The zero-order valence-electron chi connectivity index (χ0n) is 15.2. The standard InChI is InChI=1S/C20H29F2N3O/c21-17-8-7-15(18(22)11-17)10-14-4-3-9-25(12-14)13-16-5-1-2-6-19(16)24-20(23)26/h1,5,7-8,14-15,17-18H,2-4,6,9-13H2,(H3,23,24,26)/t14?,15?,17?,18-/m0/s1. The van der Waals surface area contributed by atoms with Crippen LogP contribution in [-0.2, 0) is 0 Å². The lowest BCUT2D eigenvalue weighted by atomic mass is 9.82. The minimum absolute atomic E-state index is 0.00255. The highest BCUT2D eigenvalue weighted by Gasteiger charge is 2.30. The highest BCUT2D eigenvalue weighted by molar-refractivity contribution is 5.74. The van der Waals surface area contributed by atoms with Gasteiger partial charge in [-0.3, -0.25) is 4.90 Å². The number of nitrogens with one attached hydrogen (secondary N) is 1. The van der Waals surface area contributed by atoms with E-state index in [-0.39, 0.29) is 12.3 Å². The lowest BCUT2D eigenvalue weighted by molar-refractivity contribution is 0.131. The number of carbonyl (C=O) groups is 1. The van der Waals surface area contributed by atoms with Crippen molar-refractivity contribution in [1.82, 2.24) is 10.2 Å². The Morgan fingerprint density at radius 3 is 2.96 bits per heavy atom. The van der Waals surface area contributed by atoms with Crippen molar-refractivity contribution in [1.29, 1.82) is 0 Å². The maximum atomic E-state index is 14.1. The van der Waals surface area contributed by atoms with E-state index in [0.29, 0.717) is 5.92 Å². The molecule has 0 radical (unpaired) electrons. The molecule has 0 aromatic heterocycles. The van der Waals surface area contributed by atoms with Crippen molar-refractivity contribution in [2.75, 3.05) is 19.6 Å². The zero-order chi connectivity index (χ0) is 18.5. The molecule has 4 atom stereocenters. The predicted molar refractivity (Wildman–Crippen MR) is 98.9 cm³/mol. The van der Waals surface area contributed by atoms with E-state index in [0.717, 1.165) is 63.0 Å². The van der Waals surface area contributed by atoms with Crippen molar-refractivity contribution >= 4 is 6.03 Å². The number of hydrogen-bond donors (Lipinski definition) is 2. The van der Waals surface area contributed by atoms with Gasteiger partial charge in [0.05, 0.1) is 0 Å². The Morgan fingerprint density at radius 2 is 2.19 bits per heavy atom. The number of hydrogen-bond acceptors (Lipinski definition) is 2. The van der Waals surface area contributed by atoms with Crippen molar-refractivity contribution in [3.05, 3.63) is 35.6 Å². The smallest absolute Gasteiger partial charge is 0.316 e. The van der Waals surface area contributed by atoms with Gasteiger partial charge in [0.25, 0.3) is 0 Å². The molecule has 0 aromatic carbocycles. The fraction of sp³-hybridized carbons (Fsp3) is 0.650. The molecule has 3 unspecified atom stereocenters. The number of allylic oxidation sites excluding steroid dienone is 4. The number of urea groups is 1. The maximum Gasteiger partial charge on any atom is 0.316 e. The van der Waals surface area contributed by atoms with Gasteiger partial charge in [-0.05, 0) is 50.1 Å². The van der Waals surface area contributed by atoms with Gasteiger partial charge >= 0.3 is 6.03 Å². The van der Waals surface area contributed by atoms with Crippen molar-refractivity contribution < 1.29 is 13.6 Å². The van der Waals surface area contributed by atoms with Gasteiger partial charge in [0.1, 0.15) is 12.3 Å². The van der Waals surface area contributed by atoms with Gasteiger partial charge in [0.15, 0.2) is 0 Å². The summed E-state index contributed by atoms with van der Waals surface area (Å²) in [4.78, 5) is 13.6. The second-order valence-electron chi connectivity index (χ2n) is 7.73. The fourth-order valence-corrected chi connectivity index (χ4v) is 4.35. The lowest BCUT2D eigenvalue weighted by Crippen LogP contribution is -2.39. The molecule has 3 N–H and O–H groups in total. The van der Waals surface area contributed by atoms with Gasteiger partial charge in [-0.1, -0.05) is 24.3 Å². The number of amides is 2. The second kappa shape index (κ2) is 8.80. The Morgan fingerprint density at radius 1 is 1.35 bits per heavy atom. The summed E-state index contributed by atoms with van der Waals surface area (Å²) >= 11 is 0. The molecule has 1 aliphatic heterocycles. The molecule has 1 heterocycles. The number of alkyl halides is 2. The lowest BCUT2D eigenvalue weighted by Gasteiger charge is -2.36. The largest absolute Gasteiger partial charge is 0.351 e. The van der Waals surface area contributed by atoms with E-state index in [4.69, 9.17) is 5.73 Å². The molecule has 0 saturated carbocycles. The monoisotopic (exact) mass is 365 g/mol. The number of nitrogens with zero attached hydrogens (tertiary/aromatic N) is 1. The molecule has 1 fully saturated rings. The number of halogens is 2. The first-order chi connectivity index (χ1) is 12.5. The zero-order valence-corrected chi connectivity index (χ0v) is 15.2. The van der Waals surface area contributed by atoms with Crippen molar-refractivity contribution in [2.45, 2.75) is 50.9 Å². The molecule has 1 saturated heterocycles. The van der Waals surface area contributed by atoms with E-state index in [1.807, 2.05) is 0 Å². The molecule has 0 spiro atoms. The van der Waals surface area contributed by atoms with E-state index in [1.54, 1.807) is 6.08 Å². The van der Waals surface area contributed by atoms with Crippen LogP contribution in [0.1, 0.15) is 38.5 Å². The van der Waals surface area contributed by atoms with Crippen LogP contribution in [0.5, 0.6) is 0 Å². The number of likely N-dealkylation sites (tertiary alicyclic amines) is 1. The molecule has 2 aliphatic carbocycles. The summed E-state index contributed by atoms with van der Waals surface area (Å²) in [5.74, 6) is 0.265. The van der Waals surface area contributed by atoms with Crippen LogP contribution in [0.4, 0.5) is 13.6 Å². The summed E-state index contributed by atoms with van der Waals surface area (Å²) in [6.45, 7) is 2.69. The van der Waals surface area contributed by atoms with Crippen LogP contribution in [0, 0.1) is 11.8 Å². The molecule has 26 heavy (non-hydrogen) atoms. The van der Waals surface area contributed by atoms with E-state index in [1.165, 1.54) is 6.08 Å². The molecule has 0 bridgehead atoms. The quantitative estimate of drug-likeness (QED) is 0.731. The highest BCUT2D eigenvalue weighted by Crippen LogP contribution is 2.32. The van der Waals surface area contributed by atoms with E-state index in [9.17, 15) is 13.6 Å². The van der Waals surface area contributed by atoms with Gasteiger partial charge in [0, 0.05) is 31.1 Å². The minimum atomic E-state index is -1.13. The molecule has 3 rings (SSSR count). The molecular formula is C20H29F2N3O. The van der Waals surface area contributed by atoms with Crippen molar-refractivity contribution in [2.24, 2.45) is 17.6 Å². The second-order valence-corrected chi connectivity index (χ2v) is 7.73. The van der Waals surface area contributed by atoms with Gasteiger partial charge in [-0.25, -0.2) is 13.6 Å². The molecule has 144 valence electrons. The number of primary amides is 1. The average Bonchev–Trinajstić information content (AvgIpc) is 2.59. The Kier molecular flexibility index (Phi) is 6.46. The Labute approximate surface area is 154 Å². The van der Waals surface area contributed by atoms with Gasteiger partial charge in [0.2, 0.25) is 0 Å². The Bertz CT molecular complexity index is 602. The van der Waals surface area contributed by atoms with E-state index in [2.05, 4.69) is 22.4 Å². The first-order valence-corrected chi connectivity index (χ1v) is 9.65. The SMILES string of the molecule is NC(=O)NC1=C(CN2CCCC(CC3C=CC(F)C[C@@H]3F)C2)C=CCC1. The van der Waals surface area contributed by atoms with Crippen LogP contribution in [0.15, 0.2) is 35.6 Å². The third-order valence-corrected chi connectivity index (χ3v) is 5.63. The molecule has 0 aromatic rings. The van der Waals surface area contributed by atoms with Gasteiger partial charge < -0.3 is 11.1 Å². The number of piperidine rings is 1. The molecule has 3 aliphatic rings. The van der Waals surface area contributed by atoms with Crippen molar-refractivity contribution in [3.8, 4) is 0 Å². The summed E-state index contributed by atoms with van der Waals surface area (Å²) < 4.78 is 27.4. The first-order valence-electron chi connectivity index (χ1n) is 9.65. The topological polar surface area (TPSA) is 58.4 Å².